The quantitative estimate of drug-likeness (QED) is 0.794. The molecule has 1 aromatic carbocycles. The number of nitrogen functional groups attached to an aromatic ring is 1. The molecular weight excluding hydrogens is 384 g/mol. The second-order valence-corrected chi connectivity index (χ2v) is 8.18. The molecule has 4 rings (SSSR count). The van der Waals surface area contributed by atoms with E-state index in [1.165, 1.54) is 11.9 Å². The van der Waals surface area contributed by atoms with Gasteiger partial charge in [0.1, 0.15) is 24.3 Å². The summed E-state index contributed by atoms with van der Waals surface area (Å²) in [5.41, 5.74) is 8.13. The number of hydrogen-bond acceptors (Lipinski definition) is 6. The van der Waals surface area contributed by atoms with Gasteiger partial charge in [-0.2, -0.15) is 0 Å². The Morgan fingerprint density at radius 3 is 2.57 bits per heavy atom. The molecule has 0 saturated heterocycles. The number of benzene rings is 1. The first-order chi connectivity index (χ1) is 14.4. The van der Waals surface area contributed by atoms with Crippen molar-refractivity contribution in [1.82, 2.24) is 9.97 Å². The number of rotatable bonds is 4. The highest BCUT2D eigenvalue weighted by molar-refractivity contribution is 6.11. The molecular formula is C22H26N4O4. The fourth-order valence-electron chi connectivity index (χ4n) is 4.51. The molecule has 30 heavy (non-hydrogen) atoms. The van der Waals surface area contributed by atoms with Crippen LogP contribution in [0.3, 0.4) is 0 Å². The summed E-state index contributed by atoms with van der Waals surface area (Å²) < 4.78 is 5.68. The largest absolute Gasteiger partial charge is 0.481 e. The Labute approximate surface area is 175 Å². The van der Waals surface area contributed by atoms with Crippen molar-refractivity contribution in [3.63, 3.8) is 0 Å². The zero-order valence-corrected chi connectivity index (χ0v) is 17.0. The van der Waals surface area contributed by atoms with E-state index in [-0.39, 0.29) is 41.5 Å². The van der Waals surface area contributed by atoms with Crippen LogP contribution in [0.5, 0.6) is 5.88 Å². The van der Waals surface area contributed by atoms with Crippen LogP contribution in [0.1, 0.15) is 60.9 Å². The van der Waals surface area contributed by atoms with Gasteiger partial charge in [-0.1, -0.05) is 12.1 Å². The van der Waals surface area contributed by atoms with Crippen molar-refractivity contribution < 1.29 is 19.4 Å². The maximum atomic E-state index is 13.2. The number of nitrogens with zero attached hydrogens (tertiary/aromatic N) is 3. The lowest BCUT2D eigenvalue weighted by atomic mass is 9.77. The molecule has 3 N–H and O–H groups in total. The second kappa shape index (κ2) is 8.30. The molecule has 2 heterocycles. The molecule has 1 atom stereocenters. The Balaban J connectivity index is 1.52. The molecule has 0 radical (unpaired) electrons. The van der Waals surface area contributed by atoms with E-state index in [0.717, 1.165) is 31.4 Å². The Morgan fingerprint density at radius 2 is 1.90 bits per heavy atom. The summed E-state index contributed by atoms with van der Waals surface area (Å²) in [4.78, 5) is 33.8. The van der Waals surface area contributed by atoms with Crippen LogP contribution >= 0.6 is 0 Å². The molecule has 1 fully saturated rings. The van der Waals surface area contributed by atoms with Crippen molar-refractivity contribution in [3.8, 4) is 5.88 Å². The number of carbonyl (C=O) groups excluding carboxylic acids is 1. The fraction of sp³-hybridized carbons (Fsp3) is 0.455. The van der Waals surface area contributed by atoms with Crippen LogP contribution in [0.2, 0.25) is 0 Å². The van der Waals surface area contributed by atoms with Crippen LogP contribution in [-0.4, -0.2) is 39.6 Å². The predicted molar refractivity (Wildman–Crippen MR) is 112 cm³/mol. The van der Waals surface area contributed by atoms with Crippen LogP contribution in [-0.2, 0) is 4.79 Å². The van der Waals surface area contributed by atoms with Crippen molar-refractivity contribution in [2.75, 3.05) is 17.2 Å². The van der Waals surface area contributed by atoms with Crippen LogP contribution < -0.4 is 15.4 Å². The molecule has 1 aliphatic heterocycles. The summed E-state index contributed by atoms with van der Waals surface area (Å²) in [6.45, 7) is 2.23. The number of nitrogens with two attached hydrogens (primary N) is 1. The van der Waals surface area contributed by atoms with Crippen molar-refractivity contribution in [3.05, 3.63) is 41.7 Å². The number of carbonyl (C=O) groups is 2. The van der Waals surface area contributed by atoms with E-state index >= 15 is 0 Å². The van der Waals surface area contributed by atoms with Crippen molar-refractivity contribution in [2.24, 2.45) is 5.92 Å². The highest BCUT2D eigenvalue weighted by atomic mass is 16.5. The average molecular weight is 410 g/mol. The third-order valence-corrected chi connectivity index (χ3v) is 6.13. The molecule has 1 unspecified atom stereocenters. The zero-order chi connectivity index (χ0) is 21.3. The number of aliphatic carboxylic acids is 1. The zero-order valence-electron chi connectivity index (χ0n) is 17.0. The van der Waals surface area contributed by atoms with Gasteiger partial charge in [0.05, 0.1) is 6.04 Å². The summed E-state index contributed by atoms with van der Waals surface area (Å²) in [5, 5.41) is 8.99. The molecule has 2 aromatic rings. The lowest BCUT2D eigenvalue weighted by Crippen LogP contribution is -2.40. The van der Waals surface area contributed by atoms with E-state index in [2.05, 4.69) is 22.1 Å². The highest BCUT2D eigenvalue weighted by Crippen LogP contribution is 2.38. The van der Waals surface area contributed by atoms with Crippen molar-refractivity contribution >= 4 is 23.4 Å². The number of carboxylic acids is 1. The van der Waals surface area contributed by atoms with Gasteiger partial charge in [-0.15, -0.1) is 0 Å². The Morgan fingerprint density at radius 1 is 1.20 bits per heavy atom. The normalized spacial score (nSPS) is 24.0. The van der Waals surface area contributed by atoms with Crippen LogP contribution in [0.25, 0.3) is 0 Å². The maximum absolute atomic E-state index is 13.2. The first kappa shape index (κ1) is 20.1. The van der Waals surface area contributed by atoms with Gasteiger partial charge in [0.2, 0.25) is 5.88 Å². The van der Waals surface area contributed by atoms with E-state index in [1.54, 1.807) is 4.90 Å². The Bertz CT molecular complexity index is 939. The molecule has 1 aromatic heterocycles. The molecule has 8 nitrogen and oxygen atoms in total. The maximum Gasteiger partial charge on any atom is 0.303 e. The van der Waals surface area contributed by atoms with Gasteiger partial charge < -0.3 is 20.5 Å². The topological polar surface area (TPSA) is 119 Å². The van der Waals surface area contributed by atoms with Crippen LogP contribution in [0, 0.1) is 5.92 Å². The minimum atomic E-state index is -0.712. The number of amides is 1. The SMILES string of the molecule is CC1COc2ncnc(N)c2C(=O)N1c1ccc(C2CCC(CC(=O)O)CC2)cc1. The molecule has 0 bridgehead atoms. The van der Waals surface area contributed by atoms with Crippen LogP contribution in [0.4, 0.5) is 11.5 Å². The van der Waals surface area contributed by atoms with Crippen molar-refractivity contribution in [1.29, 1.82) is 0 Å². The number of fused-ring (bicyclic) bond motifs is 1. The van der Waals surface area contributed by atoms with E-state index in [9.17, 15) is 9.59 Å². The molecule has 1 amide bonds. The monoisotopic (exact) mass is 410 g/mol. The van der Waals surface area contributed by atoms with Gasteiger partial charge in [0, 0.05) is 12.1 Å². The molecule has 1 aliphatic carbocycles. The third kappa shape index (κ3) is 3.94. The van der Waals surface area contributed by atoms with Crippen LogP contribution in [0.15, 0.2) is 30.6 Å². The Kier molecular flexibility index (Phi) is 5.57. The number of carboxylic acid groups (broad SMARTS) is 1. The van der Waals surface area contributed by atoms with Gasteiger partial charge in [-0.25, -0.2) is 9.97 Å². The van der Waals surface area contributed by atoms with E-state index < -0.39 is 5.97 Å². The minimum Gasteiger partial charge on any atom is -0.481 e. The fourth-order valence-corrected chi connectivity index (χ4v) is 4.51. The average Bonchev–Trinajstić information content (AvgIpc) is 2.85. The molecule has 0 spiro atoms. The minimum absolute atomic E-state index is 0.110. The summed E-state index contributed by atoms with van der Waals surface area (Å²) in [5.74, 6) is 0.0527. The molecule has 158 valence electrons. The molecule has 1 saturated carbocycles. The lowest BCUT2D eigenvalue weighted by molar-refractivity contribution is -0.138. The van der Waals surface area contributed by atoms with Gasteiger partial charge in [0.15, 0.2) is 0 Å². The number of anilines is 2. The molecule has 2 aliphatic rings. The van der Waals surface area contributed by atoms with E-state index in [4.69, 9.17) is 15.6 Å². The van der Waals surface area contributed by atoms with Crippen molar-refractivity contribution in [2.45, 2.75) is 51.0 Å². The summed E-state index contributed by atoms with van der Waals surface area (Å²) >= 11 is 0. The number of hydrogen-bond donors (Lipinski definition) is 2. The van der Waals surface area contributed by atoms with Gasteiger partial charge in [-0.3, -0.25) is 9.59 Å². The predicted octanol–water partition coefficient (Wildman–Crippen LogP) is 3.24. The lowest BCUT2D eigenvalue weighted by Gasteiger charge is -2.29. The first-order valence-corrected chi connectivity index (χ1v) is 10.3. The third-order valence-electron chi connectivity index (χ3n) is 6.13. The first-order valence-electron chi connectivity index (χ1n) is 10.3. The standard InChI is InChI=1S/C22H26N4O4/c1-13-11-30-21-19(20(23)24-12-25-21)22(29)26(13)17-8-6-16(7-9-17)15-4-2-14(3-5-15)10-18(27)28/h6-9,12-15H,2-5,10-11H2,1H3,(H,27,28)(H2,23,24,25). The second-order valence-electron chi connectivity index (χ2n) is 8.18. The smallest absolute Gasteiger partial charge is 0.303 e. The number of aromatic nitrogens is 2. The Hall–Kier alpha value is -3.16. The van der Waals surface area contributed by atoms with Gasteiger partial charge >= 0.3 is 5.97 Å². The van der Waals surface area contributed by atoms with E-state index in [0.29, 0.717) is 12.5 Å². The van der Waals surface area contributed by atoms with Gasteiger partial charge in [0.25, 0.3) is 5.91 Å². The van der Waals surface area contributed by atoms with E-state index in [1.807, 2.05) is 19.1 Å². The molecule has 8 heteroatoms. The summed E-state index contributed by atoms with van der Waals surface area (Å²) in [7, 11) is 0. The van der Waals surface area contributed by atoms with Gasteiger partial charge in [-0.05, 0) is 62.1 Å². The highest BCUT2D eigenvalue weighted by Gasteiger charge is 2.33. The summed E-state index contributed by atoms with van der Waals surface area (Å²) in [6, 6.07) is 7.85. The number of ether oxygens (including phenoxy) is 1. The summed E-state index contributed by atoms with van der Waals surface area (Å²) in [6.07, 6.45) is 5.41.